The molecular weight excluding hydrogens is 236 g/mol. The predicted octanol–water partition coefficient (Wildman–Crippen LogP) is 1.79. The van der Waals surface area contributed by atoms with Gasteiger partial charge in [-0.05, 0) is 18.2 Å². The first kappa shape index (κ1) is 12.6. The first-order chi connectivity index (χ1) is 8.72. The molecule has 5 nitrogen and oxygen atoms in total. The third-order valence-corrected chi connectivity index (χ3v) is 2.51. The molecule has 0 spiro atoms. The van der Waals surface area contributed by atoms with Gasteiger partial charge >= 0.3 is 5.63 Å². The second kappa shape index (κ2) is 5.66. The van der Waals surface area contributed by atoms with Gasteiger partial charge in [-0.2, -0.15) is 0 Å². The van der Waals surface area contributed by atoms with Crippen LogP contribution in [0.5, 0.6) is 5.75 Å². The van der Waals surface area contributed by atoms with E-state index in [9.17, 15) is 4.79 Å². The van der Waals surface area contributed by atoms with E-state index in [4.69, 9.17) is 18.6 Å². The van der Waals surface area contributed by atoms with Crippen molar-refractivity contribution < 1.29 is 18.6 Å². The molecule has 1 heterocycles. The molecule has 0 atom stereocenters. The largest absolute Gasteiger partial charge is 0.488 e. The number of methoxy groups -OCH3 is 2. The molecule has 96 valence electrons. The van der Waals surface area contributed by atoms with Gasteiger partial charge in [0.1, 0.15) is 17.9 Å². The average molecular weight is 250 g/mol. The summed E-state index contributed by atoms with van der Waals surface area (Å²) in [7, 11) is 3.08. The summed E-state index contributed by atoms with van der Waals surface area (Å²) in [5.41, 5.74) is 0.109. The summed E-state index contributed by atoms with van der Waals surface area (Å²) >= 11 is 0. The van der Waals surface area contributed by atoms with Crippen LogP contribution in [-0.4, -0.2) is 27.1 Å². The number of benzene rings is 1. The lowest BCUT2D eigenvalue weighted by atomic mass is 10.2. The Balaban J connectivity index is 2.16. The lowest BCUT2D eigenvalue weighted by molar-refractivity contribution is -0.121. The highest BCUT2D eigenvalue weighted by Gasteiger charge is 2.06. The molecule has 0 aliphatic carbocycles. The molecule has 0 fully saturated rings. The van der Waals surface area contributed by atoms with Gasteiger partial charge in [0.25, 0.3) is 0 Å². The van der Waals surface area contributed by atoms with Crippen LogP contribution >= 0.6 is 0 Å². The van der Waals surface area contributed by atoms with Crippen LogP contribution in [0.4, 0.5) is 0 Å². The molecule has 0 aliphatic rings. The minimum Gasteiger partial charge on any atom is -0.488 e. The fourth-order valence-electron chi connectivity index (χ4n) is 1.53. The minimum atomic E-state index is -0.427. The maximum Gasteiger partial charge on any atom is 0.336 e. The summed E-state index contributed by atoms with van der Waals surface area (Å²) in [6.07, 6.45) is -0.427. The van der Waals surface area contributed by atoms with Crippen molar-refractivity contribution in [1.82, 2.24) is 0 Å². The zero-order valence-corrected chi connectivity index (χ0v) is 10.2. The molecule has 2 rings (SSSR count). The minimum absolute atomic E-state index is 0.259. The van der Waals surface area contributed by atoms with Gasteiger partial charge in [-0.25, -0.2) is 4.79 Å². The van der Waals surface area contributed by atoms with Crippen molar-refractivity contribution in [2.75, 3.05) is 20.8 Å². The van der Waals surface area contributed by atoms with Gasteiger partial charge in [0.05, 0.1) is 0 Å². The van der Waals surface area contributed by atoms with Gasteiger partial charge in [0.2, 0.25) is 0 Å². The zero-order valence-electron chi connectivity index (χ0n) is 10.2. The number of ether oxygens (including phenoxy) is 3. The lowest BCUT2D eigenvalue weighted by Crippen LogP contribution is -2.21. The molecule has 0 aliphatic heterocycles. The van der Waals surface area contributed by atoms with E-state index in [-0.39, 0.29) is 12.2 Å². The smallest absolute Gasteiger partial charge is 0.336 e. The van der Waals surface area contributed by atoms with Crippen LogP contribution in [0.3, 0.4) is 0 Å². The van der Waals surface area contributed by atoms with E-state index in [1.165, 1.54) is 20.3 Å². The van der Waals surface area contributed by atoms with E-state index in [0.717, 1.165) is 5.39 Å². The molecule has 1 aromatic heterocycles. The molecule has 5 heteroatoms. The van der Waals surface area contributed by atoms with E-state index in [2.05, 4.69) is 0 Å². The van der Waals surface area contributed by atoms with Gasteiger partial charge in [-0.1, -0.05) is 0 Å². The van der Waals surface area contributed by atoms with E-state index >= 15 is 0 Å². The lowest BCUT2D eigenvalue weighted by Gasteiger charge is -2.14. The molecule has 2 aromatic rings. The number of rotatable bonds is 5. The summed E-state index contributed by atoms with van der Waals surface area (Å²) in [5, 5.41) is 0.844. The summed E-state index contributed by atoms with van der Waals surface area (Å²) < 4.78 is 20.6. The molecule has 0 saturated heterocycles. The number of fused-ring (bicyclic) bond motifs is 1. The Morgan fingerprint density at radius 1 is 1.17 bits per heavy atom. The van der Waals surface area contributed by atoms with Gasteiger partial charge in [-0.3, -0.25) is 0 Å². The molecule has 0 bridgehead atoms. The van der Waals surface area contributed by atoms with Crippen molar-refractivity contribution in [3.05, 3.63) is 40.8 Å². The van der Waals surface area contributed by atoms with Crippen molar-refractivity contribution in [3.8, 4) is 5.75 Å². The second-order valence-corrected chi connectivity index (χ2v) is 3.67. The van der Waals surface area contributed by atoms with Gasteiger partial charge in [-0.15, -0.1) is 0 Å². The Bertz CT molecular complexity index is 571. The summed E-state index contributed by atoms with van der Waals surface area (Å²) in [6.45, 7) is 0.259. The predicted molar refractivity (Wildman–Crippen MR) is 65.8 cm³/mol. The quantitative estimate of drug-likeness (QED) is 0.598. The third kappa shape index (κ3) is 2.88. The summed E-state index contributed by atoms with van der Waals surface area (Å²) in [5.74, 6) is 0.593. The molecule has 0 saturated carbocycles. The first-order valence-electron chi connectivity index (χ1n) is 5.45. The van der Waals surface area contributed by atoms with Gasteiger partial charge in [0.15, 0.2) is 6.29 Å². The Kier molecular flexibility index (Phi) is 3.96. The van der Waals surface area contributed by atoms with E-state index in [1.807, 2.05) is 6.07 Å². The van der Waals surface area contributed by atoms with Crippen LogP contribution in [0.25, 0.3) is 11.0 Å². The van der Waals surface area contributed by atoms with Crippen LogP contribution in [0.1, 0.15) is 0 Å². The van der Waals surface area contributed by atoms with E-state index in [1.54, 1.807) is 18.2 Å². The van der Waals surface area contributed by atoms with E-state index < -0.39 is 6.29 Å². The first-order valence-corrected chi connectivity index (χ1v) is 5.45. The fourth-order valence-corrected chi connectivity index (χ4v) is 1.53. The highest BCUT2D eigenvalue weighted by molar-refractivity contribution is 5.77. The summed E-state index contributed by atoms with van der Waals surface area (Å²) in [6, 6.07) is 8.37. The average Bonchev–Trinajstić information content (AvgIpc) is 2.39. The topological polar surface area (TPSA) is 57.9 Å². The molecule has 0 unspecified atom stereocenters. The van der Waals surface area contributed by atoms with Gasteiger partial charge in [0, 0.05) is 31.7 Å². The molecule has 0 amide bonds. The van der Waals surface area contributed by atoms with Gasteiger partial charge < -0.3 is 18.6 Å². The maximum atomic E-state index is 11.1. The van der Waals surface area contributed by atoms with Crippen molar-refractivity contribution >= 4 is 11.0 Å². The SMILES string of the molecule is COC(COc1ccc2ccc(=O)oc2c1)OC. The van der Waals surface area contributed by atoms with E-state index in [0.29, 0.717) is 11.3 Å². The molecule has 1 aromatic carbocycles. The van der Waals surface area contributed by atoms with Crippen LogP contribution in [0, 0.1) is 0 Å². The molecular formula is C13H14O5. The van der Waals surface area contributed by atoms with Crippen LogP contribution in [-0.2, 0) is 9.47 Å². The Hall–Kier alpha value is -1.85. The molecule has 0 N–H and O–H groups in total. The Morgan fingerprint density at radius 3 is 2.61 bits per heavy atom. The Labute approximate surface area is 104 Å². The van der Waals surface area contributed by atoms with Crippen molar-refractivity contribution in [3.63, 3.8) is 0 Å². The third-order valence-electron chi connectivity index (χ3n) is 2.51. The number of hydrogen-bond donors (Lipinski definition) is 0. The fraction of sp³-hybridized carbons (Fsp3) is 0.308. The normalized spacial score (nSPS) is 11.1. The molecule has 0 radical (unpaired) electrons. The second-order valence-electron chi connectivity index (χ2n) is 3.67. The van der Waals surface area contributed by atoms with Crippen LogP contribution in [0.2, 0.25) is 0 Å². The highest BCUT2D eigenvalue weighted by atomic mass is 16.7. The van der Waals surface area contributed by atoms with Crippen molar-refractivity contribution in [1.29, 1.82) is 0 Å². The van der Waals surface area contributed by atoms with Crippen molar-refractivity contribution in [2.24, 2.45) is 0 Å². The highest BCUT2D eigenvalue weighted by Crippen LogP contribution is 2.19. The maximum absolute atomic E-state index is 11.1. The zero-order chi connectivity index (χ0) is 13.0. The van der Waals surface area contributed by atoms with Crippen LogP contribution < -0.4 is 10.4 Å². The van der Waals surface area contributed by atoms with Crippen molar-refractivity contribution in [2.45, 2.75) is 6.29 Å². The Morgan fingerprint density at radius 2 is 1.89 bits per heavy atom. The number of hydrogen-bond acceptors (Lipinski definition) is 5. The standard InChI is InChI=1S/C13H14O5/c1-15-13(16-2)8-17-10-5-3-9-4-6-12(14)18-11(9)7-10/h3-7,13H,8H2,1-2H3. The summed E-state index contributed by atoms with van der Waals surface area (Å²) in [4.78, 5) is 11.1. The monoisotopic (exact) mass is 250 g/mol. The molecule has 18 heavy (non-hydrogen) atoms. The van der Waals surface area contributed by atoms with Crippen LogP contribution in [0.15, 0.2) is 39.5 Å².